The molecule has 1 aliphatic rings. The second-order valence-corrected chi connectivity index (χ2v) is 4.55. The number of hydrogen-bond acceptors (Lipinski definition) is 2. The fourth-order valence-corrected chi connectivity index (χ4v) is 2.74. The minimum absolute atomic E-state index is 0.538. The molecule has 0 aromatic rings. The number of halogens is 1. The summed E-state index contributed by atoms with van der Waals surface area (Å²) in [5.74, 6) is 0.238. The Morgan fingerprint density at radius 3 is 2.92 bits per heavy atom. The molecule has 4 heteroatoms. The molecule has 1 heterocycles. The van der Waals surface area contributed by atoms with Crippen LogP contribution >= 0.6 is 23.4 Å². The van der Waals surface area contributed by atoms with Crippen molar-refractivity contribution >= 4 is 29.3 Å². The van der Waals surface area contributed by atoms with Crippen molar-refractivity contribution in [3.8, 4) is 0 Å². The van der Waals surface area contributed by atoms with Crippen LogP contribution < -0.4 is 0 Å². The summed E-state index contributed by atoms with van der Waals surface area (Å²) < 4.78 is -0.592. The number of aliphatic carboxylic acids is 1. The van der Waals surface area contributed by atoms with Crippen molar-refractivity contribution in [3.05, 3.63) is 11.6 Å². The molecule has 1 atom stereocenters. The van der Waals surface area contributed by atoms with Gasteiger partial charge in [-0.3, -0.25) is 4.79 Å². The van der Waals surface area contributed by atoms with Gasteiger partial charge in [0.25, 0.3) is 0 Å². The fraction of sp³-hybridized carbons (Fsp3) is 0.625. The zero-order valence-corrected chi connectivity index (χ0v) is 8.20. The normalized spacial score (nSPS) is 29.8. The lowest BCUT2D eigenvalue weighted by Crippen LogP contribution is -2.31. The summed E-state index contributed by atoms with van der Waals surface area (Å²) in [5.41, 5.74) is 1.39. The van der Waals surface area contributed by atoms with E-state index >= 15 is 0 Å². The largest absolute Gasteiger partial charge is 0.480 e. The van der Waals surface area contributed by atoms with Gasteiger partial charge in [-0.1, -0.05) is 17.7 Å². The lowest BCUT2D eigenvalue weighted by molar-refractivity contribution is -0.139. The summed E-state index contributed by atoms with van der Waals surface area (Å²) in [6.45, 7) is 0. The van der Waals surface area contributed by atoms with Crippen LogP contribution in [-0.4, -0.2) is 21.6 Å². The molecule has 12 heavy (non-hydrogen) atoms. The monoisotopic (exact) mass is 206 g/mol. The van der Waals surface area contributed by atoms with Gasteiger partial charge in [-0.15, -0.1) is 11.8 Å². The van der Waals surface area contributed by atoms with Crippen molar-refractivity contribution in [2.24, 2.45) is 0 Å². The van der Waals surface area contributed by atoms with Gasteiger partial charge in [0.05, 0.1) is 0 Å². The van der Waals surface area contributed by atoms with E-state index in [0.717, 1.165) is 18.6 Å². The van der Waals surface area contributed by atoms with E-state index in [2.05, 4.69) is 0 Å². The standard InChI is InChI=1S/C8H11ClO2S/c9-5-1-3-8(7(10)11)4-2-6-12-8/h1,5H,2-4,6H2,(H,10,11)/b5-1+. The van der Waals surface area contributed by atoms with Gasteiger partial charge in [0.1, 0.15) is 4.75 Å². The molecule has 1 saturated heterocycles. The number of hydrogen-bond donors (Lipinski definition) is 1. The molecule has 0 radical (unpaired) electrons. The Morgan fingerprint density at radius 1 is 1.75 bits per heavy atom. The smallest absolute Gasteiger partial charge is 0.320 e. The Balaban J connectivity index is 2.65. The number of thioether (sulfide) groups is 1. The minimum atomic E-state index is -0.709. The number of carboxylic acids is 1. The van der Waals surface area contributed by atoms with E-state index in [9.17, 15) is 4.79 Å². The first kappa shape index (κ1) is 9.93. The SMILES string of the molecule is O=C(O)C1(C/C=C/Cl)CCCS1. The molecule has 0 aromatic carbocycles. The second-order valence-electron chi connectivity index (χ2n) is 2.82. The topological polar surface area (TPSA) is 37.3 Å². The van der Waals surface area contributed by atoms with Gasteiger partial charge in [0.15, 0.2) is 0 Å². The van der Waals surface area contributed by atoms with Crippen molar-refractivity contribution in [1.82, 2.24) is 0 Å². The molecule has 0 saturated carbocycles. The van der Waals surface area contributed by atoms with E-state index in [1.165, 1.54) is 17.3 Å². The van der Waals surface area contributed by atoms with E-state index in [1.807, 2.05) is 0 Å². The quantitative estimate of drug-likeness (QED) is 0.771. The number of allylic oxidation sites excluding steroid dienone is 1. The average Bonchev–Trinajstić information content (AvgIpc) is 2.50. The Hall–Kier alpha value is -0.150. The van der Waals surface area contributed by atoms with Gasteiger partial charge < -0.3 is 5.11 Å². The molecular formula is C8H11ClO2S. The molecule has 1 N–H and O–H groups in total. The lowest BCUT2D eigenvalue weighted by Gasteiger charge is -2.20. The minimum Gasteiger partial charge on any atom is -0.480 e. The third kappa shape index (κ3) is 1.96. The lowest BCUT2D eigenvalue weighted by atomic mass is 9.99. The first-order valence-corrected chi connectivity index (χ1v) is 5.26. The van der Waals surface area contributed by atoms with Crippen LogP contribution in [0.25, 0.3) is 0 Å². The molecule has 1 unspecified atom stereocenters. The molecule has 1 fully saturated rings. The Bertz CT molecular complexity index is 197. The highest BCUT2D eigenvalue weighted by Gasteiger charge is 2.40. The van der Waals surface area contributed by atoms with Crippen LogP contribution in [0.4, 0.5) is 0 Å². The fourth-order valence-electron chi connectivity index (χ4n) is 1.35. The zero-order valence-electron chi connectivity index (χ0n) is 6.62. The van der Waals surface area contributed by atoms with Crippen LogP contribution in [0.1, 0.15) is 19.3 Å². The predicted molar refractivity (Wildman–Crippen MR) is 51.7 cm³/mol. The van der Waals surface area contributed by atoms with Crippen molar-refractivity contribution in [2.45, 2.75) is 24.0 Å². The van der Waals surface area contributed by atoms with Crippen molar-refractivity contribution in [3.63, 3.8) is 0 Å². The van der Waals surface area contributed by atoms with E-state index in [0.29, 0.717) is 6.42 Å². The van der Waals surface area contributed by atoms with Crippen molar-refractivity contribution in [1.29, 1.82) is 0 Å². The van der Waals surface area contributed by atoms with Gasteiger partial charge in [0.2, 0.25) is 0 Å². The van der Waals surface area contributed by atoms with Gasteiger partial charge >= 0.3 is 5.97 Å². The average molecular weight is 207 g/mol. The molecular weight excluding hydrogens is 196 g/mol. The predicted octanol–water partition coefficient (Wildman–Crippen LogP) is 2.48. The van der Waals surface area contributed by atoms with E-state index in [4.69, 9.17) is 16.7 Å². The zero-order chi connectivity index (χ0) is 9.03. The summed E-state index contributed by atoms with van der Waals surface area (Å²) in [6.07, 6.45) is 4.01. The summed E-state index contributed by atoms with van der Waals surface area (Å²) in [7, 11) is 0. The summed E-state index contributed by atoms with van der Waals surface area (Å²) in [5, 5.41) is 8.99. The van der Waals surface area contributed by atoms with Crippen LogP contribution in [0.15, 0.2) is 11.6 Å². The number of rotatable bonds is 3. The molecule has 1 aliphatic heterocycles. The first-order valence-electron chi connectivity index (χ1n) is 3.84. The molecule has 1 rings (SSSR count). The second kappa shape index (κ2) is 4.19. The van der Waals surface area contributed by atoms with Crippen molar-refractivity contribution < 1.29 is 9.90 Å². The van der Waals surface area contributed by atoms with E-state index in [-0.39, 0.29) is 0 Å². The van der Waals surface area contributed by atoms with Gasteiger partial charge in [-0.05, 0) is 25.0 Å². The van der Waals surface area contributed by atoms with Crippen LogP contribution in [-0.2, 0) is 4.79 Å². The van der Waals surface area contributed by atoms with E-state index < -0.39 is 10.7 Å². The third-order valence-electron chi connectivity index (χ3n) is 2.03. The van der Waals surface area contributed by atoms with Crippen molar-refractivity contribution in [2.75, 3.05) is 5.75 Å². The van der Waals surface area contributed by atoms with Crippen LogP contribution in [0.3, 0.4) is 0 Å². The first-order chi connectivity index (χ1) is 5.71. The molecule has 0 aromatic heterocycles. The molecule has 2 nitrogen and oxygen atoms in total. The molecule has 0 bridgehead atoms. The van der Waals surface area contributed by atoms with Crippen LogP contribution in [0.5, 0.6) is 0 Å². The maximum Gasteiger partial charge on any atom is 0.320 e. The van der Waals surface area contributed by atoms with Crippen LogP contribution in [0, 0.1) is 0 Å². The molecule has 0 aliphatic carbocycles. The Kier molecular flexibility index (Phi) is 3.47. The van der Waals surface area contributed by atoms with Crippen LogP contribution in [0.2, 0.25) is 0 Å². The highest BCUT2D eigenvalue weighted by atomic mass is 35.5. The van der Waals surface area contributed by atoms with Gasteiger partial charge in [-0.25, -0.2) is 0 Å². The Morgan fingerprint density at radius 2 is 2.50 bits per heavy atom. The summed E-state index contributed by atoms with van der Waals surface area (Å²) in [6, 6.07) is 0. The maximum atomic E-state index is 10.9. The molecule has 68 valence electrons. The van der Waals surface area contributed by atoms with E-state index in [1.54, 1.807) is 6.08 Å². The molecule has 0 amide bonds. The third-order valence-corrected chi connectivity index (χ3v) is 3.80. The summed E-state index contributed by atoms with van der Waals surface area (Å²) >= 11 is 6.89. The summed E-state index contributed by atoms with van der Waals surface area (Å²) in [4.78, 5) is 10.9. The maximum absolute atomic E-state index is 10.9. The van der Waals surface area contributed by atoms with Gasteiger partial charge in [-0.2, -0.15) is 0 Å². The van der Waals surface area contributed by atoms with Gasteiger partial charge in [0, 0.05) is 5.54 Å². The highest BCUT2D eigenvalue weighted by molar-refractivity contribution is 8.01. The Labute approximate surface area is 81.0 Å². The molecule has 0 spiro atoms. The number of carboxylic acid groups (broad SMARTS) is 1. The highest BCUT2D eigenvalue weighted by Crippen LogP contribution is 2.41. The number of carbonyl (C=O) groups is 1.